The minimum absolute atomic E-state index is 0.364. The number of nitrogens with zero attached hydrogens (tertiary/aromatic N) is 1. The zero-order chi connectivity index (χ0) is 12.1. The Morgan fingerprint density at radius 3 is 2.24 bits per heavy atom. The van der Waals surface area contributed by atoms with Crippen molar-refractivity contribution >= 4 is 0 Å². The van der Waals surface area contributed by atoms with E-state index in [0.29, 0.717) is 12.0 Å². The average molecular weight is 228 g/mol. The lowest BCUT2D eigenvalue weighted by Gasteiger charge is -2.22. The topological polar surface area (TPSA) is 17.0 Å². The van der Waals surface area contributed by atoms with Crippen molar-refractivity contribution in [2.24, 2.45) is 5.92 Å². The maximum Gasteiger partial charge on any atom is 0.0676 e. The van der Waals surface area contributed by atoms with E-state index in [0.717, 1.165) is 6.42 Å². The van der Waals surface area contributed by atoms with Gasteiger partial charge in [0.15, 0.2) is 0 Å². The molecule has 2 rings (SSSR count). The van der Waals surface area contributed by atoms with Crippen molar-refractivity contribution in [3.05, 3.63) is 60.4 Å². The largest absolute Gasteiger partial charge is 0.319 e. The quantitative estimate of drug-likeness (QED) is 0.823. The van der Waals surface area contributed by atoms with Crippen LogP contribution in [0.4, 0.5) is 0 Å². The van der Waals surface area contributed by atoms with Crippen LogP contribution in [0, 0.1) is 5.92 Å². The first-order chi connectivity index (χ1) is 8.25. The molecule has 0 bridgehead atoms. The van der Waals surface area contributed by atoms with Crippen molar-refractivity contribution in [3.63, 3.8) is 0 Å². The van der Waals surface area contributed by atoms with E-state index in [4.69, 9.17) is 0 Å². The van der Waals surface area contributed by atoms with Crippen molar-refractivity contribution < 1.29 is 0 Å². The summed E-state index contributed by atoms with van der Waals surface area (Å²) in [6.45, 7) is 4.51. The van der Waals surface area contributed by atoms with Gasteiger partial charge in [0.25, 0.3) is 0 Å². The molecule has 0 saturated carbocycles. The standard InChI is InChI=1S/C15H20N2/c1-13(2)12-15(14-8-4-3-5-9-14)16-17-10-6-7-11-17/h3-11,13,15-16H,12H2,1-2H3. The van der Waals surface area contributed by atoms with Crippen LogP contribution in [0.5, 0.6) is 0 Å². The Labute approximate surface area is 103 Å². The van der Waals surface area contributed by atoms with Gasteiger partial charge in [-0.05, 0) is 30.0 Å². The molecule has 1 atom stereocenters. The van der Waals surface area contributed by atoms with Crippen LogP contribution in [0.25, 0.3) is 0 Å². The molecule has 17 heavy (non-hydrogen) atoms. The highest BCUT2D eigenvalue weighted by molar-refractivity contribution is 5.21. The van der Waals surface area contributed by atoms with E-state index in [1.54, 1.807) is 0 Å². The summed E-state index contributed by atoms with van der Waals surface area (Å²) >= 11 is 0. The molecule has 1 aromatic carbocycles. The molecule has 1 N–H and O–H groups in total. The maximum atomic E-state index is 3.52. The third kappa shape index (κ3) is 3.38. The van der Waals surface area contributed by atoms with Gasteiger partial charge in [-0.15, -0.1) is 0 Å². The molecule has 1 unspecified atom stereocenters. The lowest BCUT2D eigenvalue weighted by molar-refractivity contribution is 0.503. The van der Waals surface area contributed by atoms with Gasteiger partial charge in [-0.3, -0.25) is 4.68 Å². The Bertz CT molecular complexity index is 417. The fourth-order valence-electron chi connectivity index (χ4n) is 2.02. The maximum absolute atomic E-state index is 3.52. The first kappa shape index (κ1) is 11.8. The molecule has 1 heterocycles. The second-order valence-electron chi connectivity index (χ2n) is 4.81. The summed E-state index contributed by atoms with van der Waals surface area (Å²) in [4.78, 5) is 0. The molecule has 0 radical (unpaired) electrons. The summed E-state index contributed by atoms with van der Waals surface area (Å²) in [5.74, 6) is 0.670. The molecule has 90 valence electrons. The van der Waals surface area contributed by atoms with Gasteiger partial charge in [-0.1, -0.05) is 44.2 Å². The van der Waals surface area contributed by atoms with Crippen LogP contribution in [-0.2, 0) is 0 Å². The van der Waals surface area contributed by atoms with E-state index < -0.39 is 0 Å². The number of rotatable bonds is 5. The van der Waals surface area contributed by atoms with E-state index in [9.17, 15) is 0 Å². The molecule has 0 aliphatic rings. The van der Waals surface area contributed by atoms with Crippen LogP contribution in [0.15, 0.2) is 54.9 Å². The summed E-state index contributed by atoms with van der Waals surface area (Å²) in [7, 11) is 0. The van der Waals surface area contributed by atoms with Crippen molar-refractivity contribution in [2.75, 3.05) is 5.43 Å². The second-order valence-corrected chi connectivity index (χ2v) is 4.81. The van der Waals surface area contributed by atoms with Gasteiger partial charge in [-0.25, -0.2) is 0 Å². The molecule has 0 aliphatic carbocycles. The van der Waals surface area contributed by atoms with Crippen LogP contribution in [0.2, 0.25) is 0 Å². The Balaban J connectivity index is 2.14. The fourth-order valence-corrected chi connectivity index (χ4v) is 2.02. The van der Waals surface area contributed by atoms with E-state index in [1.807, 2.05) is 29.2 Å². The van der Waals surface area contributed by atoms with Gasteiger partial charge >= 0.3 is 0 Å². The van der Waals surface area contributed by atoms with Gasteiger partial charge in [0, 0.05) is 12.4 Å². The number of hydrogen-bond acceptors (Lipinski definition) is 1. The van der Waals surface area contributed by atoms with Crippen LogP contribution in [-0.4, -0.2) is 4.68 Å². The summed E-state index contributed by atoms with van der Waals surface area (Å²) in [5, 5.41) is 0. The predicted molar refractivity (Wildman–Crippen MR) is 72.4 cm³/mol. The molecule has 0 saturated heterocycles. The van der Waals surface area contributed by atoms with Crippen LogP contribution < -0.4 is 5.43 Å². The molecule has 0 spiro atoms. The second kappa shape index (κ2) is 5.58. The fraction of sp³-hybridized carbons (Fsp3) is 0.333. The van der Waals surface area contributed by atoms with Crippen molar-refractivity contribution in [2.45, 2.75) is 26.3 Å². The van der Waals surface area contributed by atoms with Crippen molar-refractivity contribution in [1.82, 2.24) is 4.68 Å². The number of hydrogen-bond donors (Lipinski definition) is 1. The number of aromatic nitrogens is 1. The molecule has 2 heteroatoms. The van der Waals surface area contributed by atoms with E-state index in [-0.39, 0.29) is 0 Å². The minimum atomic E-state index is 0.364. The molecule has 2 aromatic rings. The Hall–Kier alpha value is -1.70. The third-order valence-corrected chi connectivity index (χ3v) is 2.82. The zero-order valence-electron chi connectivity index (χ0n) is 10.5. The predicted octanol–water partition coefficient (Wildman–Crippen LogP) is 3.82. The van der Waals surface area contributed by atoms with E-state index in [1.165, 1.54) is 5.56 Å². The first-order valence-electron chi connectivity index (χ1n) is 6.20. The van der Waals surface area contributed by atoms with Gasteiger partial charge in [0.2, 0.25) is 0 Å². The van der Waals surface area contributed by atoms with Gasteiger partial charge in [0.05, 0.1) is 6.04 Å². The van der Waals surface area contributed by atoms with E-state index in [2.05, 4.69) is 49.6 Å². The highest BCUT2D eigenvalue weighted by Crippen LogP contribution is 2.22. The molecule has 1 aromatic heterocycles. The molecule has 0 fully saturated rings. The number of benzene rings is 1. The lowest BCUT2D eigenvalue weighted by atomic mass is 9.98. The molecule has 0 amide bonds. The molecular formula is C15H20N2. The number of nitrogens with one attached hydrogen (secondary N) is 1. The van der Waals surface area contributed by atoms with Crippen LogP contribution in [0.3, 0.4) is 0 Å². The van der Waals surface area contributed by atoms with E-state index >= 15 is 0 Å². The normalized spacial score (nSPS) is 12.6. The van der Waals surface area contributed by atoms with Crippen molar-refractivity contribution in [1.29, 1.82) is 0 Å². The summed E-state index contributed by atoms with van der Waals surface area (Å²) in [6.07, 6.45) is 5.20. The summed E-state index contributed by atoms with van der Waals surface area (Å²) in [6, 6.07) is 15.1. The highest BCUT2D eigenvalue weighted by atomic mass is 15.4. The minimum Gasteiger partial charge on any atom is -0.319 e. The highest BCUT2D eigenvalue weighted by Gasteiger charge is 2.12. The molecule has 0 aliphatic heterocycles. The first-order valence-corrected chi connectivity index (χ1v) is 6.20. The summed E-state index contributed by atoms with van der Waals surface area (Å²) in [5.41, 5.74) is 4.87. The van der Waals surface area contributed by atoms with Crippen molar-refractivity contribution in [3.8, 4) is 0 Å². The summed E-state index contributed by atoms with van der Waals surface area (Å²) < 4.78 is 2.03. The Kier molecular flexibility index (Phi) is 3.86. The van der Waals surface area contributed by atoms with Gasteiger partial charge in [0.1, 0.15) is 0 Å². The monoisotopic (exact) mass is 228 g/mol. The van der Waals surface area contributed by atoms with Crippen LogP contribution in [0.1, 0.15) is 31.9 Å². The lowest BCUT2D eigenvalue weighted by Crippen LogP contribution is -2.21. The molecule has 2 nitrogen and oxygen atoms in total. The molecular weight excluding hydrogens is 208 g/mol. The SMILES string of the molecule is CC(C)CC(Nn1cccc1)c1ccccc1. The third-order valence-electron chi connectivity index (χ3n) is 2.82. The Morgan fingerprint density at radius 1 is 1.00 bits per heavy atom. The average Bonchev–Trinajstić information content (AvgIpc) is 2.82. The van der Waals surface area contributed by atoms with Gasteiger partial charge < -0.3 is 5.43 Å². The Morgan fingerprint density at radius 2 is 1.65 bits per heavy atom. The van der Waals surface area contributed by atoms with Gasteiger partial charge in [-0.2, -0.15) is 0 Å². The van der Waals surface area contributed by atoms with Crippen LogP contribution >= 0.6 is 0 Å². The zero-order valence-corrected chi connectivity index (χ0v) is 10.5. The smallest absolute Gasteiger partial charge is 0.0676 e.